The third-order valence-electron chi connectivity index (χ3n) is 3.36. The first kappa shape index (κ1) is 17.0. The number of nitrogens with zero attached hydrogens (tertiary/aromatic N) is 1. The van der Waals surface area contributed by atoms with Gasteiger partial charge in [0.2, 0.25) is 0 Å². The van der Waals surface area contributed by atoms with Gasteiger partial charge in [0.15, 0.2) is 0 Å². The molecule has 0 bridgehead atoms. The van der Waals surface area contributed by atoms with E-state index in [-0.39, 0.29) is 16.8 Å². The minimum atomic E-state index is -1.28. The summed E-state index contributed by atoms with van der Waals surface area (Å²) in [6.45, 7) is 0. The van der Waals surface area contributed by atoms with E-state index in [4.69, 9.17) is 9.47 Å². The number of benzene rings is 2. The van der Waals surface area contributed by atoms with Gasteiger partial charge in [-0.05, 0) is 30.3 Å². The van der Waals surface area contributed by atoms with Crippen LogP contribution in [0.15, 0.2) is 42.5 Å². The van der Waals surface area contributed by atoms with Crippen molar-refractivity contribution in [3.63, 3.8) is 0 Å². The molecule has 7 nitrogen and oxygen atoms in total. The fourth-order valence-corrected chi connectivity index (χ4v) is 2.22. The van der Waals surface area contributed by atoms with Crippen LogP contribution in [0.1, 0.15) is 11.1 Å². The number of hydrogen-bond donors (Lipinski definition) is 1. The molecule has 0 saturated heterocycles. The number of hydrogen-bond acceptors (Lipinski definition) is 5. The van der Waals surface area contributed by atoms with Crippen molar-refractivity contribution in [3.05, 3.63) is 63.7 Å². The van der Waals surface area contributed by atoms with Gasteiger partial charge in [-0.3, -0.25) is 10.1 Å². The highest BCUT2D eigenvalue weighted by atomic mass is 16.6. The fraction of sp³-hybridized carbons (Fsp3) is 0.118. The topological polar surface area (TPSA) is 98.9 Å². The van der Waals surface area contributed by atoms with Crippen LogP contribution in [-0.4, -0.2) is 30.2 Å². The number of rotatable bonds is 6. The number of ether oxygens (including phenoxy) is 2. The Kier molecular flexibility index (Phi) is 5.16. The molecule has 7 heteroatoms. The normalized spacial score (nSPS) is 11.0. The molecule has 0 heterocycles. The van der Waals surface area contributed by atoms with Crippen molar-refractivity contribution >= 4 is 23.3 Å². The zero-order valence-electron chi connectivity index (χ0n) is 13.1. The summed E-state index contributed by atoms with van der Waals surface area (Å²) in [6.07, 6.45) is 1.33. The van der Waals surface area contributed by atoms with Crippen LogP contribution in [0.2, 0.25) is 0 Å². The second-order valence-electron chi connectivity index (χ2n) is 4.75. The van der Waals surface area contributed by atoms with E-state index in [1.807, 2.05) is 0 Å². The number of methoxy groups -OCH3 is 2. The summed E-state index contributed by atoms with van der Waals surface area (Å²) >= 11 is 0. The summed E-state index contributed by atoms with van der Waals surface area (Å²) in [5, 5.41) is 20.7. The van der Waals surface area contributed by atoms with Gasteiger partial charge in [-0.15, -0.1) is 0 Å². The molecule has 0 aliphatic rings. The molecule has 0 fully saturated rings. The number of nitro benzene ring substituents is 1. The van der Waals surface area contributed by atoms with Crippen LogP contribution >= 0.6 is 0 Å². The maximum Gasteiger partial charge on any atom is 0.336 e. The number of aliphatic carboxylic acids is 1. The number of para-hydroxylation sites is 1. The lowest BCUT2D eigenvalue weighted by Gasteiger charge is -2.09. The van der Waals surface area contributed by atoms with Crippen molar-refractivity contribution in [1.29, 1.82) is 0 Å². The highest BCUT2D eigenvalue weighted by Crippen LogP contribution is 2.31. The van der Waals surface area contributed by atoms with E-state index in [1.165, 1.54) is 38.5 Å². The molecule has 2 rings (SSSR count). The Morgan fingerprint density at radius 2 is 1.88 bits per heavy atom. The Hall–Kier alpha value is -3.35. The lowest BCUT2D eigenvalue weighted by Crippen LogP contribution is -2.03. The molecule has 0 amide bonds. The lowest BCUT2D eigenvalue weighted by molar-refractivity contribution is -0.385. The Bertz CT molecular complexity index is 812. The molecule has 124 valence electrons. The van der Waals surface area contributed by atoms with Crippen LogP contribution in [0.5, 0.6) is 11.5 Å². The Balaban J connectivity index is 2.67. The maximum atomic E-state index is 11.7. The van der Waals surface area contributed by atoms with E-state index in [0.717, 1.165) is 0 Å². The second kappa shape index (κ2) is 7.28. The summed E-state index contributed by atoms with van der Waals surface area (Å²) < 4.78 is 10.3. The third kappa shape index (κ3) is 3.52. The van der Waals surface area contributed by atoms with Crippen LogP contribution in [-0.2, 0) is 4.79 Å². The number of carboxylic acids is 1. The maximum absolute atomic E-state index is 11.7. The third-order valence-corrected chi connectivity index (χ3v) is 3.36. The molecular weight excluding hydrogens is 314 g/mol. The number of carbonyl (C=O) groups is 1. The van der Waals surface area contributed by atoms with Gasteiger partial charge in [-0.1, -0.05) is 12.1 Å². The van der Waals surface area contributed by atoms with Gasteiger partial charge in [0.25, 0.3) is 5.69 Å². The van der Waals surface area contributed by atoms with Crippen LogP contribution in [0, 0.1) is 10.1 Å². The number of nitro groups is 1. The molecule has 2 aromatic rings. The van der Waals surface area contributed by atoms with E-state index in [2.05, 4.69) is 0 Å². The Morgan fingerprint density at radius 3 is 2.46 bits per heavy atom. The van der Waals surface area contributed by atoms with Crippen molar-refractivity contribution in [2.24, 2.45) is 0 Å². The average molecular weight is 329 g/mol. The van der Waals surface area contributed by atoms with E-state index >= 15 is 0 Å². The monoisotopic (exact) mass is 329 g/mol. The van der Waals surface area contributed by atoms with Crippen molar-refractivity contribution in [1.82, 2.24) is 0 Å². The van der Waals surface area contributed by atoms with E-state index < -0.39 is 10.9 Å². The summed E-state index contributed by atoms with van der Waals surface area (Å²) in [4.78, 5) is 22.2. The molecule has 0 aromatic heterocycles. The van der Waals surface area contributed by atoms with E-state index in [9.17, 15) is 20.0 Å². The molecule has 24 heavy (non-hydrogen) atoms. The molecule has 0 unspecified atom stereocenters. The van der Waals surface area contributed by atoms with Crippen LogP contribution < -0.4 is 9.47 Å². The van der Waals surface area contributed by atoms with Gasteiger partial charge in [-0.25, -0.2) is 4.79 Å². The Labute approximate surface area is 137 Å². The van der Waals surface area contributed by atoms with Gasteiger partial charge < -0.3 is 14.6 Å². The molecule has 0 spiro atoms. The van der Waals surface area contributed by atoms with Gasteiger partial charge in [0.1, 0.15) is 11.5 Å². The molecular formula is C17H15NO6. The molecule has 1 N–H and O–H groups in total. The molecule has 0 radical (unpaired) electrons. The van der Waals surface area contributed by atoms with E-state index in [0.29, 0.717) is 17.1 Å². The number of carboxylic acid groups (broad SMARTS) is 1. The predicted molar refractivity (Wildman–Crippen MR) is 88.1 cm³/mol. The van der Waals surface area contributed by atoms with Gasteiger partial charge in [0.05, 0.1) is 30.3 Å². The second-order valence-corrected chi connectivity index (χ2v) is 4.75. The highest BCUT2D eigenvalue weighted by Gasteiger charge is 2.21. The quantitative estimate of drug-likeness (QED) is 0.378. The minimum Gasteiger partial charge on any atom is -0.497 e. The average Bonchev–Trinajstić information content (AvgIpc) is 2.59. The summed E-state index contributed by atoms with van der Waals surface area (Å²) in [7, 11) is 2.93. The SMILES string of the molecule is COc1ccc(OC)c(C=C(C(=O)O)c2ccccc2[N+](=O)[O-])c1. The zero-order chi connectivity index (χ0) is 17.7. The van der Waals surface area contributed by atoms with Gasteiger partial charge >= 0.3 is 5.97 Å². The first-order valence-corrected chi connectivity index (χ1v) is 6.88. The first-order chi connectivity index (χ1) is 11.5. The van der Waals surface area contributed by atoms with Gasteiger partial charge in [0, 0.05) is 11.6 Å². The van der Waals surface area contributed by atoms with Crippen molar-refractivity contribution in [3.8, 4) is 11.5 Å². The van der Waals surface area contributed by atoms with Crippen molar-refractivity contribution in [2.75, 3.05) is 14.2 Å². The zero-order valence-corrected chi connectivity index (χ0v) is 13.1. The predicted octanol–water partition coefficient (Wildman–Crippen LogP) is 3.24. The van der Waals surface area contributed by atoms with Crippen LogP contribution in [0.3, 0.4) is 0 Å². The molecule has 0 atom stereocenters. The summed E-state index contributed by atoms with van der Waals surface area (Å²) in [6, 6.07) is 10.6. The van der Waals surface area contributed by atoms with E-state index in [1.54, 1.807) is 24.3 Å². The molecule has 0 aliphatic heterocycles. The van der Waals surface area contributed by atoms with Crippen LogP contribution in [0.4, 0.5) is 5.69 Å². The minimum absolute atomic E-state index is 0.0138. The first-order valence-electron chi connectivity index (χ1n) is 6.88. The smallest absolute Gasteiger partial charge is 0.336 e. The lowest BCUT2D eigenvalue weighted by atomic mass is 10.0. The van der Waals surface area contributed by atoms with Crippen molar-refractivity contribution in [2.45, 2.75) is 0 Å². The molecule has 0 aliphatic carbocycles. The summed E-state index contributed by atoms with van der Waals surface area (Å²) in [5.74, 6) is -0.350. The largest absolute Gasteiger partial charge is 0.497 e. The molecule has 0 saturated carbocycles. The van der Waals surface area contributed by atoms with Crippen molar-refractivity contribution < 1.29 is 24.3 Å². The van der Waals surface area contributed by atoms with Crippen LogP contribution in [0.25, 0.3) is 11.6 Å². The Morgan fingerprint density at radius 1 is 1.17 bits per heavy atom. The summed E-state index contributed by atoms with van der Waals surface area (Å²) in [5.41, 5.74) is -0.0471. The standard InChI is InChI=1S/C17H15NO6/c1-23-12-7-8-16(24-2)11(9-12)10-14(17(19)20)13-5-3-4-6-15(13)18(21)22/h3-10H,1-2H3,(H,19,20). The highest BCUT2D eigenvalue weighted by molar-refractivity contribution is 6.22. The van der Waals surface area contributed by atoms with Gasteiger partial charge in [-0.2, -0.15) is 0 Å². The molecule has 2 aromatic carbocycles. The fourth-order valence-electron chi connectivity index (χ4n) is 2.22.